The number of imidazole rings is 1. The Morgan fingerprint density at radius 3 is 2.62 bits per heavy atom. The van der Waals surface area contributed by atoms with Crippen molar-refractivity contribution in [3.8, 4) is 11.8 Å². The Hall–Kier alpha value is -3.91. The molecule has 0 aliphatic rings. The van der Waals surface area contributed by atoms with E-state index in [4.69, 9.17) is 5.26 Å². The molecule has 5 heteroatoms. The highest BCUT2D eigenvalue weighted by Gasteiger charge is 2.08. The van der Waals surface area contributed by atoms with Crippen molar-refractivity contribution >= 4 is 22.6 Å². The minimum atomic E-state index is -0.247. The van der Waals surface area contributed by atoms with Crippen molar-refractivity contribution in [3.63, 3.8) is 0 Å². The molecular weight excluding hydrogens is 324 g/mol. The fourth-order valence-electron chi connectivity index (χ4n) is 2.80. The molecule has 0 unspecified atom stereocenters. The van der Waals surface area contributed by atoms with Gasteiger partial charge >= 0.3 is 0 Å². The molecule has 0 bridgehead atoms. The van der Waals surface area contributed by atoms with Gasteiger partial charge in [0.25, 0.3) is 5.91 Å². The van der Waals surface area contributed by atoms with Gasteiger partial charge in [0, 0.05) is 16.9 Å². The highest BCUT2D eigenvalue weighted by Crippen LogP contribution is 2.20. The van der Waals surface area contributed by atoms with Crippen LogP contribution in [-0.4, -0.2) is 15.5 Å². The van der Waals surface area contributed by atoms with Crippen LogP contribution < -0.4 is 5.32 Å². The van der Waals surface area contributed by atoms with E-state index in [-0.39, 0.29) is 5.91 Å². The van der Waals surface area contributed by atoms with E-state index < -0.39 is 0 Å². The number of para-hydroxylation sites is 2. The lowest BCUT2D eigenvalue weighted by atomic mass is 10.1. The number of amides is 1. The molecule has 3 aromatic carbocycles. The molecule has 26 heavy (non-hydrogen) atoms. The third kappa shape index (κ3) is 2.92. The molecule has 1 amide bonds. The zero-order valence-corrected chi connectivity index (χ0v) is 13.8. The van der Waals surface area contributed by atoms with Crippen LogP contribution in [0.25, 0.3) is 16.7 Å². The second-order valence-electron chi connectivity index (χ2n) is 5.80. The maximum Gasteiger partial charge on any atom is 0.255 e. The second-order valence-corrected chi connectivity index (χ2v) is 5.80. The zero-order chi connectivity index (χ0) is 17.9. The summed E-state index contributed by atoms with van der Waals surface area (Å²) >= 11 is 0. The molecule has 0 aliphatic carbocycles. The van der Waals surface area contributed by atoms with Gasteiger partial charge in [0.05, 0.1) is 22.7 Å². The van der Waals surface area contributed by atoms with E-state index in [0.717, 1.165) is 16.7 Å². The van der Waals surface area contributed by atoms with Crippen molar-refractivity contribution in [2.24, 2.45) is 0 Å². The first-order valence-corrected chi connectivity index (χ1v) is 8.09. The lowest BCUT2D eigenvalue weighted by molar-refractivity contribution is 0.102. The molecular formula is C21H14N4O. The summed E-state index contributed by atoms with van der Waals surface area (Å²) in [6, 6.07) is 24.1. The minimum Gasteiger partial charge on any atom is -0.322 e. The Morgan fingerprint density at radius 2 is 1.81 bits per heavy atom. The number of hydrogen-bond donors (Lipinski definition) is 1. The van der Waals surface area contributed by atoms with E-state index in [9.17, 15) is 4.79 Å². The van der Waals surface area contributed by atoms with Crippen LogP contribution in [0.2, 0.25) is 0 Å². The fourth-order valence-corrected chi connectivity index (χ4v) is 2.80. The number of rotatable bonds is 3. The molecule has 1 aromatic heterocycles. The van der Waals surface area contributed by atoms with E-state index in [0.29, 0.717) is 16.8 Å². The normalized spacial score (nSPS) is 10.4. The standard InChI is InChI=1S/C21H14N4O/c22-13-15-4-3-5-16(12-15)21(26)24-17-8-10-18(11-9-17)25-14-23-19-6-1-2-7-20(19)25/h1-12,14H,(H,24,26). The summed E-state index contributed by atoms with van der Waals surface area (Å²) in [5, 5.41) is 11.8. The number of aromatic nitrogens is 2. The number of carbonyl (C=O) groups is 1. The van der Waals surface area contributed by atoms with Gasteiger partial charge in [-0.1, -0.05) is 18.2 Å². The lowest BCUT2D eigenvalue weighted by Gasteiger charge is -2.08. The van der Waals surface area contributed by atoms with Crippen LogP contribution in [-0.2, 0) is 0 Å². The molecule has 0 fully saturated rings. The molecule has 0 saturated carbocycles. The molecule has 0 saturated heterocycles. The molecule has 0 spiro atoms. The van der Waals surface area contributed by atoms with Crippen molar-refractivity contribution in [3.05, 3.63) is 90.3 Å². The van der Waals surface area contributed by atoms with Crippen molar-refractivity contribution < 1.29 is 4.79 Å². The number of benzene rings is 3. The third-order valence-corrected chi connectivity index (χ3v) is 4.11. The van der Waals surface area contributed by atoms with E-state index in [2.05, 4.69) is 10.3 Å². The Morgan fingerprint density at radius 1 is 1.00 bits per heavy atom. The number of nitriles is 1. The van der Waals surface area contributed by atoms with Crippen LogP contribution in [0.15, 0.2) is 79.1 Å². The van der Waals surface area contributed by atoms with Crippen LogP contribution in [0.3, 0.4) is 0 Å². The molecule has 1 N–H and O–H groups in total. The quantitative estimate of drug-likeness (QED) is 0.610. The topological polar surface area (TPSA) is 70.7 Å². The molecule has 4 rings (SSSR count). The number of nitrogens with zero attached hydrogens (tertiary/aromatic N) is 3. The summed E-state index contributed by atoms with van der Waals surface area (Å²) in [7, 11) is 0. The molecule has 0 aliphatic heterocycles. The summed E-state index contributed by atoms with van der Waals surface area (Å²) in [5.74, 6) is -0.247. The number of fused-ring (bicyclic) bond motifs is 1. The third-order valence-electron chi connectivity index (χ3n) is 4.11. The molecule has 4 aromatic rings. The summed E-state index contributed by atoms with van der Waals surface area (Å²) in [6.45, 7) is 0. The van der Waals surface area contributed by atoms with Gasteiger partial charge in [0.2, 0.25) is 0 Å². The average molecular weight is 338 g/mol. The predicted molar refractivity (Wildman–Crippen MR) is 100 cm³/mol. The number of nitrogens with one attached hydrogen (secondary N) is 1. The summed E-state index contributed by atoms with van der Waals surface area (Å²) in [4.78, 5) is 16.7. The van der Waals surface area contributed by atoms with E-state index in [1.165, 1.54) is 0 Å². The Labute approximate surface area is 150 Å². The van der Waals surface area contributed by atoms with E-state index in [1.807, 2.05) is 59.2 Å². The summed E-state index contributed by atoms with van der Waals surface area (Å²) in [6.07, 6.45) is 1.78. The largest absolute Gasteiger partial charge is 0.322 e. The SMILES string of the molecule is N#Cc1cccc(C(=O)Nc2ccc(-n3cnc4ccccc43)cc2)c1. The van der Waals surface area contributed by atoms with Crippen molar-refractivity contribution in [1.29, 1.82) is 5.26 Å². The van der Waals surface area contributed by atoms with Crippen LogP contribution >= 0.6 is 0 Å². The van der Waals surface area contributed by atoms with E-state index in [1.54, 1.807) is 30.6 Å². The Balaban J connectivity index is 1.56. The van der Waals surface area contributed by atoms with Crippen LogP contribution in [0, 0.1) is 11.3 Å². The van der Waals surface area contributed by atoms with Crippen LogP contribution in [0.1, 0.15) is 15.9 Å². The molecule has 5 nitrogen and oxygen atoms in total. The van der Waals surface area contributed by atoms with Gasteiger partial charge in [0.1, 0.15) is 6.33 Å². The molecule has 1 heterocycles. The van der Waals surface area contributed by atoms with Gasteiger partial charge < -0.3 is 5.32 Å². The van der Waals surface area contributed by atoms with Gasteiger partial charge in [-0.3, -0.25) is 9.36 Å². The van der Waals surface area contributed by atoms with Crippen LogP contribution in [0.4, 0.5) is 5.69 Å². The first-order chi connectivity index (χ1) is 12.7. The fraction of sp³-hybridized carbons (Fsp3) is 0. The van der Waals surface area contributed by atoms with Gasteiger partial charge in [0.15, 0.2) is 0 Å². The van der Waals surface area contributed by atoms with Crippen molar-refractivity contribution in [2.45, 2.75) is 0 Å². The van der Waals surface area contributed by atoms with Crippen molar-refractivity contribution in [2.75, 3.05) is 5.32 Å². The number of anilines is 1. The second kappa shape index (κ2) is 6.54. The van der Waals surface area contributed by atoms with Gasteiger partial charge in [-0.25, -0.2) is 4.98 Å². The van der Waals surface area contributed by atoms with E-state index >= 15 is 0 Å². The minimum absolute atomic E-state index is 0.247. The summed E-state index contributed by atoms with van der Waals surface area (Å²) in [5.41, 5.74) is 4.52. The molecule has 0 atom stereocenters. The zero-order valence-electron chi connectivity index (χ0n) is 13.8. The van der Waals surface area contributed by atoms with Crippen molar-refractivity contribution in [1.82, 2.24) is 9.55 Å². The number of carbonyl (C=O) groups excluding carboxylic acids is 1. The Kier molecular flexibility index (Phi) is 3.92. The summed E-state index contributed by atoms with van der Waals surface area (Å²) < 4.78 is 2.00. The lowest BCUT2D eigenvalue weighted by Crippen LogP contribution is -2.12. The number of hydrogen-bond acceptors (Lipinski definition) is 3. The van der Waals surface area contributed by atoms with Gasteiger partial charge in [-0.2, -0.15) is 5.26 Å². The Bertz CT molecular complexity index is 1140. The predicted octanol–water partition coefficient (Wildman–Crippen LogP) is 4.15. The van der Waals surface area contributed by atoms with Gasteiger partial charge in [-0.15, -0.1) is 0 Å². The molecule has 124 valence electrons. The van der Waals surface area contributed by atoms with Gasteiger partial charge in [-0.05, 0) is 54.6 Å². The maximum atomic E-state index is 12.3. The monoisotopic (exact) mass is 338 g/mol. The maximum absolute atomic E-state index is 12.3. The highest BCUT2D eigenvalue weighted by molar-refractivity contribution is 6.04. The molecule has 0 radical (unpaired) electrons. The average Bonchev–Trinajstić information content (AvgIpc) is 3.13. The van der Waals surface area contributed by atoms with Crippen LogP contribution in [0.5, 0.6) is 0 Å². The first kappa shape index (κ1) is 15.6. The smallest absolute Gasteiger partial charge is 0.255 e. The highest BCUT2D eigenvalue weighted by atomic mass is 16.1. The first-order valence-electron chi connectivity index (χ1n) is 8.09.